The number of allylic oxidation sites excluding steroid dienone is 4. The molecule has 0 aliphatic rings. The third-order valence-electron chi connectivity index (χ3n) is 1.36. The molecule has 0 fully saturated rings. The molecular formula is C12H17FO3. The van der Waals surface area contributed by atoms with Gasteiger partial charge in [-0.3, -0.25) is 9.59 Å². The van der Waals surface area contributed by atoms with Crippen LogP contribution in [0.25, 0.3) is 0 Å². The van der Waals surface area contributed by atoms with Gasteiger partial charge in [0, 0.05) is 5.57 Å². The maximum Gasteiger partial charge on any atom is 0.313 e. The van der Waals surface area contributed by atoms with E-state index in [1.54, 1.807) is 0 Å². The van der Waals surface area contributed by atoms with Gasteiger partial charge in [-0.2, -0.15) is 0 Å². The Balaban J connectivity index is 0. The van der Waals surface area contributed by atoms with Gasteiger partial charge in [-0.1, -0.05) is 27.0 Å². The molecule has 0 aliphatic carbocycles. The second-order valence-corrected chi connectivity index (χ2v) is 2.48. The summed E-state index contributed by atoms with van der Waals surface area (Å²) in [6.07, 6.45) is 1.77. The lowest BCUT2D eigenvalue weighted by Gasteiger charge is -1.98. The molecule has 0 aromatic heterocycles. The highest BCUT2D eigenvalue weighted by Gasteiger charge is 2.10. The molecule has 0 bridgehead atoms. The third-order valence-corrected chi connectivity index (χ3v) is 1.36. The van der Waals surface area contributed by atoms with E-state index in [9.17, 15) is 14.0 Å². The van der Waals surface area contributed by atoms with E-state index < -0.39 is 24.0 Å². The van der Waals surface area contributed by atoms with Gasteiger partial charge in [0.2, 0.25) is 0 Å². The monoisotopic (exact) mass is 228 g/mol. The van der Waals surface area contributed by atoms with Crippen LogP contribution in [0, 0.1) is 0 Å². The largest absolute Gasteiger partial charge is 0.469 e. The lowest BCUT2D eigenvalue weighted by molar-refractivity contribution is -0.142. The molecule has 0 aliphatic heterocycles. The van der Waals surface area contributed by atoms with Crippen LogP contribution < -0.4 is 0 Å². The molecule has 0 unspecified atom stereocenters. The lowest BCUT2D eigenvalue weighted by Crippen LogP contribution is -2.09. The molecule has 0 radical (unpaired) electrons. The standard InChI is InChI=1S/C10H11FO3.C2H6/c1-7(4-5-8(2)11)9(12)6-10(13)14-3;1-2/h4-5H,1-2,6H2,3H3;1-2H3/b5-4-;. The second-order valence-electron chi connectivity index (χ2n) is 2.48. The van der Waals surface area contributed by atoms with Gasteiger partial charge in [-0.25, -0.2) is 4.39 Å². The van der Waals surface area contributed by atoms with Gasteiger partial charge in [-0.15, -0.1) is 0 Å². The number of carbonyl (C=O) groups excluding carboxylic acids is 2. The molecule has 0 rings (SSSR count). The van der Waals surface area contributed by atoms with Gasteiger partial charge in [0.05, 0.1) is 7.11 Å². The van der Waals surface area contributed by atoms with Crippen molar-refractivity contribution >= 4 is 11.8 Å². The van der Waals surface area contributed by atoms with Crippen LogP contribution in [-0.4, -0.2) is 18.9 Å². The Morgan fingerprint density at radius 1 is 1.25 bits per heavy atom. The smallest absolute Gasteiger partial charge is 0.313 e. The molecule has 90 valence electrons. The van der Waals surface area contributed by atoms with Crippen molar-refractivity contribution in [1.82, 2.24) is 0 Å². The highest BCUT2D eigenvalue weighted by molar-refractivity contribution is 6.06. The first-order valence-electron chi connectivity index (χ1n) is 4.78. The highest BCUT2D eigenvalue weighted by atomic mass is 19.1. The number of methoxy groups -OCH3 is 1. The third kappa shape index (κ3) is 8.87. The molecular weight excluding hydrogens is 211 g/mol. The molecule has 0 aromatic rings. The van der Waals surface area contributed by atoms with E-state index in [4.69, 9.17) is 0 Å². The van der Waals surface area contributed by atoms with Gasteiger partial charge >= 0.3 is 5.97 Å². The maximum absolute atomic E-state index is 12.1. The molecule has 0 N–H and O–H groups in total. The number of carbonyl (C=O) groups is 2. The number of ether oxygens (including phenoxy) is 1. The van der Waals surface area contributed by atoms with Crippen LogP contribution in [0.5, 0.6) is 0 Å². The number of rotatable bonds is 5. The zero-order valence-corrected chi connectivity index (χ0v) is 9.88. The van der Waals surface area contributed by atoms with Crippen LogP contribution in [0.1, 0.15) is 20.3 Å². The van der Waals surface area contributed by atoms with Crippen molar-refractivity contribution in [1.29, 1.82) is 0 Å². The molecule has 0 saturated carbocycles. The molecule has 0 spiro atoms. The minimum atomic E-state index is -0.683. The van der Waals surface area contributed by atoms with Crippen molar-refractivity contribution in [3.63, 3.8) is 0 Å². The molecule has 16 heavy (non-hydrogen) atoms. The van der Waals surface area contributed by atoms with Crippen molar-refractivity contribution in [3.05, 3.63) is 36.7 Å². The van der Waals surface area contributed by atoms with Gasteiger partial charge in [0.1, 0.15) is 12.2 Å². The summed E-state index contributed by atoms with van der Waals surface area (Å²) in [5, 5.41) is 0. The zero-order chi connectivity index (χ0) is 13.1. The van der Waals surface area contributed by atoms with E-state index in [-0.39, 0.29) is 5.57 Å². The topological polar surface area (TPSA) is 43.4 Å². The van der Waals surface area contributed by atoms with Crippen LogP contribution in [0.2, 0.25) is 0 Å². The molecule has 4 heteroatoms. The summed E-state index contributed by atoms with van der Waals surface area (Å²) in [4.78, 5) is 21.8. The highest BCUT2D eigenvalue weighted by Crippen LogP contribution is 2.03. The van der Waals surface area contributed by atoms with E-state index in [2.05, 4.69) is 17.9 Å². The van der Waals surface area contributed by atoms with Crippen LogP contribution in [-0.2, 0) is 14.3 Å². The number of hydrogen-bond acceptors (Lipinski definition) is 3. The normalized spacial score (nSPS) is 9.00. The Labute approximate surface area is 95.3 Å². The molecule has 0 saturated heterocycles. The fourth-order valence-electron chi connectivity index (χ4n) is 0.601. The lowest BCUT2D eigenvalue weighted by atomic mass is 10.1. The van der Waals surface area contributed by atoms with Crippen molar-refractivity contribution in [2.45, 2.75) is 20.3 Å². The SMILES string of the molecule is C=C(F)/C=C\C(=C)C(=O)CC(=O)OC.CC. The molecule has 3 nitrogen and oxygen atoms in total. The number of hydrogen-bond donors (Lipinski definition) is 0. The minimum Gasteiger partial charge on any atom is -0.469 e. The minimum absolute atomic E-state index is 0.0363. The Morgan fingerprint density at radius 2 is 1.75 bits per heavy atom. The maximum atomic E-state index is 12.1. The van der Waals surface area contributed by atoms with Gasteiger partial charge < -0.3 is 4.74 Å². The van der Waals surface area contributed by atoms with Crippen molar-refractivity contribution in [2.24, 2.45) is 0 Å². The summed E-state index contributed by atoms with van der Waals surface area (Å²) in [6, 6.07) is 0. The number of halogens is 1. The number of Topliss-reactive ketones (excluding diaryl/α,β-unsaturated/α-hetero) is 1. The number of ketones is 1. The quantitative estimate of drug-likeness (QED) is 0.314. The Morgan fingerprint density at radius 3 is 2.12 bits per heavy atom. The van der Waals surface area contributed by atoms with Crippen molar-refractivity contribution < 1.29 is 18.7 Å². The first-order chi connectivity index (χ1) is 7.47. The fraction of sp³-hybridized carbons (Fsp3) is 0.333. The van der Waals surface area contributed by atoms with E-state index in [0.29, 0.717) is 0 Å². The summed E-state index contributed by atoms with van der Waals surface area (Å²) in [7, 11) is 1.18. The second kappa shape index (κ2) is 9.83. The first-order valence-corrected chi connectivity index (χ1v) is 4.78. The van der Waals surface area contributed by atoms with E-state index in [1.807, 2.05) is 13.8 Å². The molecule has 0 amide bonds. The van der Waals surface area contributed by atoms with Crippen LogP contribution in [0.4, 0.5) is 4.39 Å². The van der Waals surface area contributed by atoms with Crippen LogP contribution >= 0.6 is 0 Å². The average Bonchev–Trinajstić information content (AvgIpc) is 2.28. The Hall–Kier alpha value is -1.71. The summed E-state index contributed by atoms with van der Waals surface area (Å²) in [5.74, 6) is -1.84. The van der Waals surface area contributed by atoms with Gasteiger partial charge in [0.15, 0.2) is 5.78 Å². The van der Waals surface area contributed by atoms with E-state index >= 15 is 0 Å². The number of esters is 1. The summed E-state index contributed by atoms with van der Waals surface area (Å²) >= 11 is 0. The molecule has 0 aromatic carbocycles. The molecule has 0 heterocycles. The zero-order valence-electron chi connectivity index (χ0n) is 9.88. The summed E-state index contributed by atoms with van der Waals surface area (Å²) in [5.41, 5.74) is 0.0363. The van der Waals surface area contributed by atoms with Crippen LogP contribution in [0.15, 0.2) is 36.7 Å². The van der Waals surface area contributed by atoms with Crippen molar-refractivity contribution in [2.75, 3.05) is 7.11 Å². The molecule has 0 atom stereocenters. The van der Waals surface area contributed by atoms with Crippen LogP contribution in [0.3, 0.4) is 0 Å². The van der Waals surface area contributed by atoms with E-state index in [0.717, 1.165) is 12.2 Å². The predicted molar refractivity (Wildman–Crippen MR) is 61.5 cm³/mol. The van der Waals surface area contributed by atoms with Crippen molar-refractivity contribution in [3.8, 4) is 0 Å². The predicted octanol–water partition coefficient (Wildman–Crippen LogP) is 2.74. The Bertz CT molecular complexity index is 303. The summed E-state index contributed by atoms with van der Waals surface area (Å²) < 4.78 is 16.4. The van der Waals surface area contributed by atoms with Gasteiger partial charge in [-0.05, 0) is 12.2 Å². The fourth-order valence-corrected chi connectivity index (χ4v) is 0.601. The first kappa shape index (κ1) is 16.7. The Kier molecular flexibility index (Phi) is 10.3. The average molecular weight is 228 g/mol. The van der Waals surface area contributed by atoms with E-state index in [1.165, 1.54) is 7.11 Å². The van der Waals surface area contributed by atoms with Gasteiger partial charge in [0.25, 0.3) is 0 Å². The summed E-state index contributed by atoms with van der Waals surface area (Å²) in [6.45, 7) is 10.3.